The van der Waals surface area contributed by atoms with Crippen molar-refractivity contribution in [1.29, 1.82) is 0 Å². The van der Waals surface area contributed by atoms with Crippen LogP contribution in [0.15, 0.2) is 30.3 Å². The van der Waals surface area contributed by atoms with Crippen LogP contribution in [0.2, 0.25) is 0 Å². The average Bonchev–Trinajstić information content (AvgIpc) is 3.37. The largest absolute Gasteiger partial charge is 0.493 e. The molecule has 2 aliphatic carbocycles. The van der Waals surface area contributed by atoms with E-state index in [2.05, 4.69) is 0 Å². The molecule has 0 radical (unpaired) electrons. The molecule has 4 rings (SSSR count). The van der Waals surface area contributed by atoms with Crippen LogP contribution < -0.4 is 14.2 Å². The zero-order chi connectivity index (χ0) is 20.4. The van der Waals surface area contributed by atoms with Gasteiger partial charge in [0.15, 0.2) is 17.3 Å². The van der Waals surface area contributed by atoms with Gasteiger partial charge in [-0.25, -0.2) is 0 Å². The fourth-order valence-electron chi connectivity index (χ4n) is 4.56. The summed E-state index contributed by atoms with van der Waals surface area (Å²) in [6, 6.07) is 9.38. The number of carbonyl (C=O) groups is 2. The van der Waals surface area contributed by atoms with Crippen LogP contribution in [0.5, 0.6) is 17.2 Å². The van der Waals surface area contributed by atoms with Crippen LogP contribution >= 0.6 is 0 Å². The summed E-state index contributed by atoms with van der Waals surface area (Å²) in [5.41, 5.74) is 3.39. The first-order valence-electron chi connectivity index (χ1n) is 10.2. The van der Waals surface area contributed by atoms with E-state index in [0.29, 0.717) is 42.4 Å². The van der Waals surface area contributed by atoms with Gasteiger partial charge in [-0.3, -0.25) is 9.59 Å². The summed E-state index contributed by atoms with van der Waals surface area (Å²) in [6.07, 6.45) is 6.11. The Balaban J connectivity index is 1.76. The second-order valence-corrected chi connectivity index (χ2v) is 7.76. The summed E-state index contributed by atoms with van der Waals surface area (Å²) in [5.74, 6) is 1.55. The highest BCUT2D eigenvalue weighted by molar-refractivity contribution is 6.03. The molecular weight excluding hydrogens is 368 g/mol. The maximum Gasteiger partial charge on any atom is 0.311 e. The van der Waals surface area contributed by atoms with Gasteiger partial charge in [-0.05, 0) is 48.4 Å². The first-order valence-corrected chi connectivity index (χ1v) is 10.2. The van der Waals surface area contributed by atoms with E-state index in [-0.39, 0.29) is 11.8 Å². The molecule has 5 nitrogen and oxygen atoms in total. The van der Waals surface area contributed by atoms with Gasteiger partial charge in [-0.15, -0.1) is 0 Å². The third kappa shape index (κ3) is 3.74. The van der Waals surface area contributed by atoms with E-state index in [1.807, 2.05) is 24.3 Å². The van der Waals surface area contributed by atoms with Gasteiger partial charge in [0.25, 0.3) is 0 Å². The lowest BCUT2D eigenvalue weighted by Gasteiger charge is -2.19. The van der Waals surface area contributed by atoms with E-state index in [1.54, 1.807) is 13.2 Å². The van der Waals surface area contributed by atoms with Gasteiger partial charge >= 0.3 is 5.97 Å². The van der Waals surface area contributed by atoms with Crippen molar-refractivity contribution in [2.24, 2.45) is 5.92 Å². The molecule has 29 heavy (non-hydrogen) atoms. The Morgan fingerprint density at radius 2 is 1.69 bits per heavy atom. The third-order valence-electron chi connectivity index (χ3n) is 6.01. The van der Waals surface area contributed by atoms with Gasteiger partial charge in [0.1, 0.15) is 0 Å². The first-order chi connectivity index (χ1) is 14.1. The van der Waals surface area contributed by atoms with Crippen molar-refractivity contribution in [3.63, 3.8) is 0 Å². The summed E-state index contributed by atoms with van der Waals surface area (Å²) in [7, 11) is 3.09. The summed E-state index contributed by atoms with van der Waals surface area (Å²) in [6.45, 7) is 0. The minimum Gasteiger partial charge on any atom is -0.493 e. The Morgan fingerprint density at radius 3 is 2.41 bits per heavy atom. The Bertz CT molecular complexity index is 941. The molecule has 0 aliphatic heterocycles. The first kappa shape index (κ1) is 19.5. The maximum absolute atomic E-state index is 12.7. The van der Waals surface area contributed by atoms with E-state index in [0.717, 1.165) is 35.1 Å². The molecule has 2 aromatic carbocycles. The molecule has 0 saturated heterocycles. The van der Waals surface area contributed by atoms with Crippen LogP contribution in [0.1, 0.15) is 54.4 Å². The zero-order valence-electron chi connectivity index (χ0n) is 17.0. The molecule has 0 bridgehead atoms. The van der Waals surface area contributed by atoms with Crippen LogP contribution in [0, 0.1) is 5.92 Å². The Morgan fingerprint density at radius 1 is 0.931 bits per heavy atom. The lowest BCUT2D eigenvalue weighted by molar-refractivity contribution is -0.135. The molecule has 0 N–H and O–H groups in total. The normalized spacial score (nSPS) is 16.0. The van der Waals surface area contributed by atoms with Crippen molar-refractivity contribution in [3.8, 4) is 28.4 Å². The van der Waals surface area contributed by atoms with Gasteiger partial charge < -0.3 is 14.2 Å². The number of fused-ring (bicyclic) bond motifs is 1. The summed E-state index contributed by atoms with van der Waals surface area (Å²) in [4.78, 5) is 24.9. The molecular formula is C24H26O5. The van der Waals surface area contributed by atoms with Crippen molar-refractivity contribution in [1.82, 2.24) is 0 Å². The van der Waals surface area contributed by atoms with Crippen molar-refractivity contribution in [2.75, 3.05) is 14.2 Å². The Labute approximate surface area is 171 Å². The number of hydrogen-bond donors (Lipinski definition) is 0. The number of carbonyl (C=O) groups excluding carboxylic acids is 2. The molecule has 0 spiro atoms. The second kappa shape index (κ2) is 8.27. The smallest absolute Gasteiger partial charge is 0.311 e. The quantitative estimate of drug-likeness (QED) is 0.510. The lowest BCUT2D eigenvalue weighted by atomic mass is 9.95. The molecule has 1 fully saturated rings. The number of Topliss-reactive ketones (excluding diaryl/α,β-unsaturated/α-hetero) is 1. The number of ketones is 1. The van der Waals surface area contributed by atoms with Gasteiger partial charge in [0, 0.05) is 24.0 Å². The molecule has 1 saturated carbocycles. The van der Waals surface area contributed by atoms with Gasteiger partial charge in [0.05, 0.1) is 14.2 Å². The molecule has 0 unspecified atom stereocenters. The number of benzene rings is 2. The topological polar surface area (TPSA) is 61.8 Å². The van der Waals surface area contributed by atoms with E-state index < -0.39 is 0 Å². The van der Waals surface area contributed by atoms with Gasteiger partial charge in [-0.1, -0.05) is 31.0 Å². The van der Waals surface area contributed by atoms with Crippen LogP contribution in [0.4, 0.5) is 0 Å². The number of hydrogen-bond acceptors (Lipinski definition) is 5. The van der Waals surface area contributed by atoms with E-state index in [9.17, 15) is 9.59 Å². The highest BCUT2D eigenvalue weighted by Crippen LogP contribution is 2.47. The van der Waals surface area contributed by atoms with Crippen LogP contribution in [0.3, 0.4) is 0 Å². The SMILES string of the molecule is COc1ccc(-c2cccc3c2CCC3=O)c(OC(=O)CC2CCCC2)c1OC. The molecule has 2 aliphatic rings. The second-order valence-electron chi connectivity index (χ2n) is 7.76. The molecule has 5 heteroatoms. The predicted octanol–water partition coefficient (Wildman–Crippen LogP) is 4.99. The van der Waals surface area contributed by atoms with Crippen molar-refractivity contribution < 1.29 is 23.8 Å². The Kier molecular flexibility index (Phi) is 5.56. The van der Waals surface area contributed by atoms with Crippen LogP contribution in [-0.2, 0) is 11.2 Å². The van der Waals surface area contributed by atoms with E-state index in [4.69, 9.17) is 14.2 Å². The lowest BCUT2D eigenvalue weighted by Crippen LogP contribution is -2.14. The van der Waals surface area contributed by atoms with E-state index >= 15 is 0 Å². The zero-order valence-corrected chi connectivity index (χ0v) is 17.0. The standard InChI is InChI=1S/C24H26O5/c1-27-21-13-11-19(16-8-5-9-18-17(16)10-12-20(18)25)23(24(21)28-2)29-22(26)14-15-6-3-4-7-15/h5,8-9,11,13,15H,3-4,6-7,10,12,14H2,1-2H3. The number of esters is 1. The third-order valence-corrected chi connectivity index (χ3v) is 6.01. The number of ether oxygens (including phenoxy) is 3. The molecule has 2 aromatic rings. The van der Waals surface area contributed by atoms with Crippen molar-refractivity contribution in [3.05, 3.63) is 41.5 Å². The average molecular weight is 394 g/mol. The molecule has 152 valence electrons. The summed E-state index contributed by atoms with van der Waals surface area (Å²) >= 11 is 0. The summed E-state index contributed by atoms with van der Waals surface area (Å²) < 4.78 is 16.9. The minimum atomic E-state index is -0.256. The van der Waals surface area contributed by atoms with Crippen LogP contribution in [-0.4, -0.2) is 26.0 Å². The molecule has 0 aromatic heterocycles. The minimum absolute atomic E-state index is 0.155. The van der Waals surface area contributed by atoms with Crippen molar-refractivity contribution in [2.45, 2.75) is 44.9 Å². The fourth-order valence-corrected chi connectivity index (χ4v) is 4.56. The Hall–Kier alpha value is -2.82. The molecule has 0 heterocycles. The fraction of sp³-hybridized carbons (Fsp3) is 0.417. The molecule has 0 amide bonds. The highest BCUT2D eigenvalue weighted by atomic mass is 16.6. The predicted molar refractivity (Wildman–Crippen MR) is 110 cm³/mol. The number of methoxy groups -OCH3 is 2. The summed E-state index contributed by atoms with van der Waals surface area (Å²) in [5, 5.41) is 0. The molecule has 0 atom stereocenters. The highest BCUT2D eigenvalue weighted by Gasteiger charge is 2.28. The monoisotopic (exact) mass is 394 g/mol. The maximum atomic E-state index is 12.7. The number of rotatable bonds is 6. The van der Waals surface area contributed by atoms with Gasteiger partial charge in [-0.2, -0.15) is 0 Å². The van der Waals surface area contributed by atoms with E-state index in [1.165, 1.54) is 20.0 Å². The van der Waals surface area contributed by atoms with Crippen molar-refractivity contribution >= 4 is 11.8 Å². The van der Waals surface area contributed by atoms with Crippen LogP contribution in [0.25, 0.3) is 11.1 Å². The van der Waals surface area contributed by atoms with Gasteiger partial charge in [0.2, 0.25) is 5.75 Å².